The predicted octanol–water partition coefficient (Wildman–Crippen LogP) is 4.14. The van der Waals surface area contributed by atoms with Crippen LogP contribution < -0.4 is 10.6 Å². The zero-order valence-corrected chi connectivity index (χ0v) is 17.8. The Labute approximate surface area is 182 Å². The van der Waals surface area contributed by atoms with Gasteiger partial charge in [-0.2, -0.15) is 0 Å². The second-order valence-electron chi connectivity index (χ2n) is 8.69. The number of rotatable bonds is 5. The number of hydrogen-bond acceptors (Lipinski definition) is 4. The average Bonchev–Trinajstić information content (AvgIpc) is 3.31. The molecule has 2 aromatic rings. The van der Waals surface area contributed by atoms with Gasteiger partial charge in [0.05, 0.1) is 5.57 Å². The van der Waals surface area contributed by atoms with Gasteiger partial charge in [0.1, 0.15) is 18.2 Å². The number of nitrogens with one attached hydrogen (secondary N) is 2. The Bertz CT molecular complexity index is 1050. The summed E-state index contributed by atoms with van der Waals surface area (Å²) < 4.78 is 19.7. The smallest absolute Gasteiger partial charge is 0.260 e. The van der Waals surface area contributed by atoms with Crippen molar-refractivity contribution in [3.8, 4) is 0 Å². The summed E-state index contributed by atoms with van der Waals surface area (Å²) in [6, 6.07) is 11.2. The number of carbonyl (C=O) groups excluding carboxylic acids is 1. The zero-order valence-electron chi connectivity index (χ0n) is 17.8. The third kappa shape index (κ3) is 3.98. The molecule has 1 amide bonds. The molecule has 2 N–H and O–H groups in total. The Morgan fingerprint density at radius 3 is 2.97 bits per heavy atom. The van der Waals surface area contributed by atoms with Gasteiger partial charge in [-0.25, -0.2) is 4.39 Å². The highest BCUT2D eigenvalue weighted by atomic mass is 19.1. The van der Waals surface area contributed by atoms with Crippen molar-refractivity contribution >= 4 is 22.9 Å². The fourth-order valence-corrected chi connectivity index (χ4v) is 4.84. The van der Waals surface area contributed by atoms with E-state index in [1.807, 2.05) is 6.07 Å². The topological polar surface area (TPSA) is 53.6 Å². The lowest BCUT2D eigenvalue weighted by Crippen LogP contribution is -2.41. The molecule has 1 atom stereocenters. The summed E-state index contributed by atoms with van der Waals surface area (Å²) in [7, 11) is 0. The van der Waals surface area contributed by atoms with Crippen molar-refractivity contribution in [3.05, 3.63) is 64.5 Å². The highest BCUT2D eigenvalue weighted by molar-refractivity contribution is 6.36. The minimum atomic E-state index is -0.369. The molecule has 5 rings (SSSR count). The van der Waals surface area contributed by atoms with Crippen LogP contribution in [0, 0.1) is 5.82 Å². The lowest BCUT2D eigenvalue weighted by atomic mass is 9.99. The fraction of sp³-hybridized carbons (Fsp3) is 0.400. The van der Waals surface area contributed by atoms with Crippen LogP contribution in [0.1, 0.15) is 48.4 Å². The van der Waals surface area contributed by atoms with E-state index in [4.69, 9.17) is 4.74 Å². The standard InChI is InChI=1S/C25H28FN3O2/c1-16-4-2-3-10-29(16)11-9-27-14-17-5-7-20-18(12-17)15-31-24(20)23-21-13-19(26)6-8-22(21)28-25(23)30/h5-8,12-13,16,27H,2-4,9-11,14-15H2,1H3,(H,28,30). The molecule has 2 aromatic carbocycles. The third-order valence-corrected chi connectivity index (χ3v) is 6.59. The number of carbonyl (C=O) groups is 1. The summed E-state index contributed by atoms with van der Waals surface area (Å²) in [6.07, 6.45) is 3.96. The molecule has 6 heteroatoms. The number of fused-ring (bicyclic) bond motifs is 2. The van der Waals surface area contributed by atoms with Gasteiger partial charge in [0.2, 0.25) is 0 Å². The van der Waals surface area contributed by atoms with E-state index in [0.717, 1.165) is 30.8 Å². The molecule has 162 valence electrons. The molecule has 0 aliphatic carbocycles. The lowest BCUT2D eigenvalue weighted by Gasteiger charge is -2.33. The molecular formula is C25H28FN3O2. The number of benzene rings is 2. The van der Waals surface area contributed by atoms with Gasteiger partial charge in [0.15, 0.2) is 0 Å². The molecule has 0 saturated carbocycles. The van der Waals surface area contributed by atoms with E-state index < -0.39 is 0 Å². The van der Waals surface area contributed by atoms with E-state index in [1.54, 1.807) is 6.07 Å². The molecule has 31 heavy (non-hydrogen) atoms. The van der Waals surface area contributed by atoms with Crippen LogP contribution in [0.15, 0.2) is 36.4 Å². The summed E-state index contributed by atoms with van der Waals surface area (Å²) in [4.78, 5) is 15.1. The summed E-state index contributed by atoms with van der Waals surface area (Å²) in [5.74, 6) is -0.0801. The van der Waals surface area contributed by atoms with Crippen LogP contribution in [0.25, 0.3) is 11.3 Å². The molecule has 0 aromatic heterocycles. The van der Waals surface area contributed by atoms with Crippen molar-refractivity contribution in [2.75, 3.05) is 25.0 Å². The second-order valence-corrected chi connectivity index (χ2v) is 8.69. The molecule has 0 radical (unpaired) electrons. The molecule has 3 aliphatic heterocycles. The Kier molecular flexibility index (Phi) is 5.50. The number of ether oxygens (including phenoxy) is 1. The van der Waals surface area contributed by atoms with Gasteiger partial charge in [-0.3, -0.25) is 9.69 Å². The van der Waals surface area contributed by atoms with E-state index in [1.165, 1.54) is 43.5 Å². The number of anilines is 1. The van der Waals surface area contributed by atoms with Crippen LogP contribution in [-0.2, 0) is 22.7 Å². The summed E-state index contributed by atoms with van der Waals surface area (Å²) >= 11 is 0. The maximum absolute atomic E-state index is 13.8. The van der Waals surface area contributed by atoms with Gasteiger partial charge in [-0.15, -0.1) is 0 Å². The maximum Gasteiger partial charge on any atom is 0.260 e. The Morgan fingerprint density at radius 2 is 2.10 bits per heavy atom. The molecule has 3 heterocycles. The van der Waals surface area contributed by atoms with Crippen LogP contribution in [0.2, 0.25) is 0 Å². The van der Waals surface area contributed by atoms with Gasteiger partial charge < -0.3 is 15.4 Å². The second kappa shape index (κ2) is 8.44. The van der Waals surface area contributed by atoms with E-state index in [9.17, 15) is 9.18 Å². The van der Waals surface area contributed by atoms with Gasteiger partial charge in [0.25, 0.3) is 5.91 Å². The van der Waals surface area contributed by atoms with Crippen molar-refractivity contribution < 1.29 is 13.9 Å². The van der Waals surface area contributed by atoms with Crippen LogP contribution in [0.4, 0.5) is 10.1 Å². The molecule has 0 spiro atoms. The normalized spacial score (nSPS) is 22.8. The monoisotopic (exact) mass is 421 g/mol. The minimum absolute atomic E-state index is 0.249. The third-order valence-electron chi connectivity index (χ3n) is 6.59. The predicted molar refractivity (Wildman–Crippen MR) is 120 cm³/mol. The zero-order chi connectivity index (χ0) is 21.4. The largest absolute Gasteiger partial charge is 0.487 e. The Hall–Kier alpha value is -2.70. The van der Waals surface area contributed by atoms with Crippen molar-refractivity contribution in [2.24, 2.45) is 0 Å². The average molecular weight is 422 g/mol. The van der Waals surface area contributed by atoms with E-state index in [-0.39, 0.29) is 11.7 Å². The summed E-state index contributed by atoms with van der Waals surface area (Å²) in [5, 5.41) is 6.35. The first-order chi connectivity index (χ1) is 15.1. The van der Waals surface area contributed by atoms with Gasteiger partial charge >= 0.3 is 0 Å². The van der Waals surface area contributed by atoms with Crippen molar-refractivity contribution in [3.63, 3.8) is 0 Å². The van der Waals surface area contributed by atoms with Gasteiger partial charge in [-0.05, 0) is 50.1 Å². The first-order valence-electron chi connectivity index (χ1n) is 11.2. The van der Waals surface area contributed by atoms with Crippen molar-refractivity contribution in [1.82, 2.24) is 10.2 Å². The van der Waals surface area contributed by atoms with E-state index >= 15 is 0 Å². The first-order valence-corrected chi connectivity index (χ1v) is 11.2. The molecule has 5 nitrogen and oxygen atoms in total. The molecule has 1 fully saturated rings. The summed E-state index contributed by atoms with van der Waals surface area (Å²) in [5.41, 5.74) is 4.76. The molecule has 1 unspecified atom stereocenters. The SMILES string of the molecule is CC1CCCCN1CCNCc1ccc2c(c1)COC2=C1C(=O)Nc2ccc(F)cc21. The van der Waals surface area contributed by atoms with E-state index in [2.05, 4.69) is 34.6 Å². The van der Waals surface area contributed by atoms with E-state index in [0.29, 0.717) is 35.2 Å². The lowest BCUT2D eigenvalue weighted by molar-refractivity contribution is -0.110. The Morgan fingerprint density at radius 1 is 1.19 bits per heavy atom. The van der Waals surface area contributed by atoms with Crippen molar-refractivity contribution in [1.29, 1.82) is 0 Å². The molecular weight excluding hydrogens is 393 g/mol. The molecule has 1 saturated heterocycles. The van der Waals surface area contributed by atoms with Gasteiger partial charge in [0, 0.05) is 48.1 Å². The van der Waals surface area contributed by atoms with Crippen molar-refractivity contribution in [2.45, 2.75) is 45.4 Å². The first kappa shape index (κ1) is 20.2. The highest BCUT2D eigenvalue weighted by Gasteiger charge is 2.32. The fourth-order valence-electron chi connectivity index (χ4n) is 4.84. The number of nitrogens with zero attached hydrogens (tertiary/aromatic N) is 1. The molecule has 3 aliphatic rings. The van der Waals surface area contributed by atoms with Crippen LogP contribution in [0.3, 0.4) is 0 Å². The number of piperidine rings is 1. The van der Waals surface area contributed by atoms with Crippen LogP contribution >= 0.6 is 0 Å². The quantitative estimate of drug-likeness (QED) is 0.563. The number of halogens is 1. The number of amides is 1. The summed E-state index contributed by atoms with van der Waals surface area (Å²) in [6.45, 7) is 6.80. The maximum atomic E-state index is 13.8. The minimum Gasteiger partial charge on any atom is -0.487 e. The van der Waals surface area contributed by atoms with Crippen LogP contribution in [-0.4, -0.2) is 36.5 Å². The van der Waals surface area contributed by atoms with Crippen LogP contribution in [0.5, 0.6) is 0 Å². The highest BCUT2D eigenvalue weighted by Crippen LogP contribution is 2.41. The number of hydrogen-bond donors (Lipinski definition) is 2. The van der Waals surface area contributed by atoms with Gasteiger partial charge in [-0.1, -0.05) is 24.6 Å². The Balaban J connectivity index is 1.28. The number of likely N-dealkylation sites (tertiary alicyclic amines) is 1. The molecule has 0 bridgehead atoms.